The Morgan fingerprint density at radius 2 is 2.21 bits per heavy atom. The third kappa shape index (κ3) is 2.79. The average Bonchev–Trinajstić information content (AvgIpc) is 3.05. The normalized spacial score (nSPS) is 14.7. The van der Waals surface area contributed by atoms with Crippen LogP contribution >= 0.6 is 23.4 Å². The van der Waals surface area contributed by atoms with E-state index in [-0.39, 0.29) is 11.7 Å². The Morgan fingerprint density at radius 1 is 1.50 bits per heavy atom. The number of carbonyl (C=O) groups excluding carboxylic acids is 1. The number of nitrogens with zero attached hydrogens (tertiary/aromatic N) is 5. The van der Waals surface area contributed by atoms with Gasteiger partial charge in [0.15, 0.2) is 6.33 Å². The van der Waals surface area contributed by atoms with E-state index in [4.69, 9.17) is 23.0 Å². The van der Waals surface area contributed by atoms with Crippen molar-refractivity contribution in [3.05, 3.63) is 34.4 Å². The van der Waals surface area contributed by atoms with Gasteiger partial charge in [-0.3, -0.25) is 14.0 Å². The summed E-state index contributed by atoms with van der Waals surface area (Å²) in [6.07, 6.45) is 1.55. The number of anilines is 1. The quantitative estimate of drug-likeness (QED) is 0.618. The molecule has 24 heavy (non-hydrogen) atoms. The number of imidazole rings is 1. The Morgan fingerprint density at radius 3 is 2.83 bits per heavy atom. The van der Waals surface area contributed by atoms with E-state index in [0.717, 1.165) is 29.7 Å². The molecule has 2 aromatic heterocycles. The van der Waals surface area contributed by atoms with Gasteiger partial charge in [-0.1, -0.05) is 18.2 Å². The summed E-state index contributed by atoms with van der Waals surface area (Å²) in [6, 6.07) is 1.60. The predicted molar refractivity (Wildman–Crippen MR) is 95.1 cm³/mol. The Bertz CT molecular complexity index is 825. The molecule has 0 aliphatic carbocycles. The average molecular weight is 366 g/mol. The summed E-state index contributed by atoms with van der Waals surface area (Å²) >= 11 is 8.23. The monoisotopic (exact) mass is 365 g/mol. The molecule has 1 fully saturated rings. The molecule has 0 saturated carbocycles. The molecule has 2 aromatic rings. The molecule has 0 atom stereocenters. The third-order valence-corrected chi connectivity index (χ3v) is 5.15. The van der Waals surface area contributed by atoms with Crippen molar-refractivity contribution in [2.24, 2.45) is 0 Å². The number of hydroxylamine groups is 2. The lowest BCUT2D eigenvalue weighted by Crippen LogP contribution is -2.36. The number of thioether (sulfide) groups is 1. The molecule has 1 aliphatic rings. The smallest absolute Gasteiger partial charge is 0.296 e. The maximum Gasteiger partial charge on any atom is 0.296 e. The molecule has 0 bridgehead atoms. The van der Waals surface area contributed by atoms with E-state index in [9.17, 15) is 4.79 Å². The minimum Gasteiger partial charge on any atom is -0.359 e. The molecule has 1 saturated heterocycles. The predicted octanol–water partition coefficient (Wildman–Crippen LogP) is 2.73. The molecule has 1 aliphatic heterocycles. The van der Waals surface area contributed by atoms with E-state index in [1.54, 1.807) is 23.8 Å². The van der Waals surface area contributed by atoms with Crippen molar-refractivity contribution < 1.29 is 9.63 Å². The number of halogens is 1. The fraction of sp³-hybridized carbons (Fsp3) is 0.400. The first-order valence-corrected chi connectivity index (χ1v) is 8.83. The lowest BCUT2D eigenvalue weighted by Gasteiger charge is -2.31. The zero-order valence-electron chi connectivity index (χ0n) is 13.3. The highest BCUT2D eigenvalue weighted by Gasteiger charge is 2.27. The van der Waals surface area contributed by atoms with Crippen LogP contribution in [-0.2, 0) is 4.84 Å². The largest absolute Gasteiger partial charge is 0.359 e. The van der Waals surface area contributed by atoms with Crippen molar-refractivity contribution >= 4 is 46.4 Å². The highest BCUT2D eigenvalue weighted by Crippen LogP contribution is 2.35. The number of pyridine rings is 1. The lowest BCUT2D eigenvalue weighted by molar-refractivity contribution is -0.0756. The van der Waals surface area contributed by atoms with Crippen LogP contribution in [-0.4, -0.2) is 59.1 Å². The van der Waals surface area contributed by atoms with Crippen LogP contribution in [0.3, 0.4) is 0 Å². The van der Waals surface area contributed by atoms with Gasteiger partial charge in [0.2, 0.25) is 0 Å². The van der Waals surface area contributed by atoms with Gasteiger partial charge in [-0.05, 0) is 6.07 Å². The van der Waals surface area contributed by atoms with Crippen LogP contribution in [0.2, 0.25) is 5.02 Å². The maximum absolute atomic E-state index is 12.7. The summed E-state index contributed by atoms with van der Waals surface area (Å²) in [5, 5.41) is 1.48. The van der Waals surface area contributed by atoms with E-state index < -0.39 is 0 Å². The summed E-state index contributed by atoms with van der Waals surface area (Å²) in [7, 11) is 2.98. The number of carbonyl (C=O) groups is 1. The molecule has 0 spiro atoms. The van der Waals surface area contributed by atoms with E-state index >= 15 is 0 Å². The number of hydrogen-bond acceptors (Lipinski definition) is 5. The van der Waals surface area contributed by atoms with Gasteiger partial charge in [-0.15, -0.1) is 4.98 Å². The van der Waals surface area contributed by atoms with Crippen LogP contribution in [0.4, 0.5) is 11.6 Å². The number of fused-ring (bicyclic) bond motifs is 1. The highest BCUT2D eigenvalue weighted by molar-refractivity contribution is 7.99. The molecular formula is C15H16ClN5O2S. The first-order chi connectivity index (χ1) is 11.6. The second-order valence-electron chi connectivity index (χ2n) is 5.21. The fourth-order valence-corrected chi connectivity index (χ4v) is 3.89. The maximum atomic E-state index is 12.7. The number of hydrogen-bond donors (Lipinski definition) is 0. The zero-order valence-corrected chi connectivity index (χ0v) is 14.9. The molecule has 0 radical (unpaired) electrons. The van der Waals surface area contributed by atoms with Crippen molar-refractivity contribution in [3.63, 3.8) is 0 Å². The molecule has 0 N–H and O–H groups in total. The summed E-state index contributed by atoms with van der Waals surface area (Å²) in [4.78, 5) is 27.4. The Labute approximate surface area is 148 Å². The van der Waals surface area contributed by atoms with Gasteiger partial charge in [0, 0.05) is 31.6 Å². The van der Waals surface area contributed by atoms with Crippen LogP contribution in [0.15, 0.2) is 12.4 Å². The Kier molecular flexibility index (Phi) is 4.85. The summed E-state index contributed by atoms with van der Waals surface area (Å²) in [6.45, 7) is 8.89. The van der Waals surface area contributed by atoms with Gasteiger partial charge in [-0.2, -0.15) is 11.8 Å². The topological polar surface area (TPSA) is 54.4 Å². The molecule has 3 heterocycles. The van der Waals surface area contributed by atoms with E-state index in [1.807, 2.05) is 11.8 Å². The van der Waals surface area contributed by atoms with E-state index in [1.165, 1.54) is 7.11 Å². The fourth-order valence-electron chi connectivity index (χ4n) is 2.70. The van der Waals surface area contributed by atoms with Crippen molar-refractivity contribution in [1.29, 1.82) is 0 Å². The second-order valence-corrected chi connectivity index (χ2v) is 6.84. The van der Waals surface area contributed by atoms with Crippen LogP contribution in [0.25, 0.3) is 10.4 Å². The van der Waals surface area contributed by atoms with E-state index in [2.05, 4.69) is 14.7 Å². The van der Waals surface area contributed by atoms with Gasteiger partial charge in [0.25, 0.3) is 11.7 Å². The van der Waals surface area contributed by atoms with Gasteiger partial charge in [0.1, 0.15) is 5.82 Å². The minimum absolute atomic E-state index is 0.228. The standard InChI is InChI=1S/C15H16ClN5O2S/c1-17-13-12-11(16)8-10(15(22)19(2)23-3)14(21(12)9-18-13)20-4-6-24-7-5-20/h8-9H,4-7H2,2-3H3. The molecule has 0 unspecified atom stereocenters. The van der Waals surface area contributed by atoms with E-state index in [0.29, 0.717) is 21.9 Å². The van der Waals surface area contributed by atoms with Crippen LogP contribution in [0, 0.1) is 6.57 Å². The minimum atomic E-state index is -0.299. The van der Waals surface area contributed by atoms with Gasteiger partial charge >= 0.3 is 0 Å². The van der Waals surface area contributed by atoms with Crippen LogP contribution < -0.4 is 4.90 Å². The third-order valence-electron chi connectivity index (χ3n) is 3.92. The van der Waals surface area contributed by atoms with Gasteiger partial charge in [0.05, 0.1) is 23.2 Å². The first kappa shape index (κ1) is 16.9. The molecule has 3 rings (SSSR count). The van der Waals surface area contributed by atoms with Crippen molar-refractivity contribution in [2.45, 2.75) is 0 Å². The summed E-state index contributed by atoms with van der Waals surface area (Å²) in [5.74, 6) is 2.58. The zero-order chi connectivity index (χ0) is 17.3. The molecular weight excluding hydrogens is 350 g/mol. The molecule has 1 amide bonds. The Hall–Kier alpha value is -1.95. The first-order valence-electron chi connectivity index (χ1n) is 7.30. The van der Waals surface area contributed by atoms with Crippen molar-refractivity contribution in [2.75, 3.05) is 43.7 Å². The number of amides is 1. The lowest BCUT2D eigenvalue weighted by atomic mass is 10.2. The van der Waals surface area contributed by atoms with Crippen molar-refractivity contribution in [3.8, 4) is 0 Å². The van der Waals surface area contributed by atoms with Gasteiger partial charge < -0.3 is 9.74 Å². The van der Waals surface area contributed by atoms with Crippen LogP contribution in [0.1, 0.15) is 10.4 Å². The number of rotatable bonds is 3. The SMILES string of the molecule is [C-]#[N+]c1ncn2c(N3CCSCC3)c(C(=O)N(C)OC)cc(Cl)c12. The number of aromatic nitrogens is 2. The molecule has 9 heteroatoms. The second kappa shape index (κ2) is 6.89. The molecule has 0 aromatic carbocycles. The van der Waals surface area contributed by atoms with Crippen molar-refractivity contribution in [1.82, 2.24) is 14.4 Å². The summed E-state index contributed by atoms with van der Waals surface area (Å²) < 4.78 is 1.74. The van der Waals surface area contributed by atoms with Gasteiger partial charge in [-0.25, -0.2) is 5.06 Å². The van der Waals surface area contributed by atoms with Crippen LogP contribution in [0.5, 0.6) is 0 Å². The Balaban J connectivity index is 2.26. The highest BCUT2D eigenvalue weighted by atomic mass is 35.5. The summed E-state index contributed by atoms with van der Waals surface area (Å²) in [5.41, 5.74) is 0.953. The molecule has 7 nitrogen and oxygen atoms in total. The molecule has 126 valence electrons.